The largest absolute Gasteiger partial charge is 0.355 e. The first-order chi connectivity index (χ1) is 15.7. The number of thiazole rings is 1. The molecule has 0 radical (unpaired) electrons. The number of piperazine rings is 1. The lowest BCUT2D eigenvalue weighted by molar-refractivity contribution is 0.0618. The summed E-state index contributed by atoms with van der Waals surface area (Å²) >= 11 is 1.60. The number of hydrogen-bond donors (Lipinski definition) is 0. The number of carbonyl (C=O) groups excluding carboxylic acids is 1. The number of halogens is 1. The Labute approximate surface area is 188 Å². The highest BCUT2D eigenvalue weighted by Crippen LogP contribution is 2.24. The zero-order valence-corrected chi connectivity index (χ0v) is 18.1. The summed E-state index contributed by atoms with van der Waals surface area (Å²) in [5.41, 5.74) is 3.00. The summed E-state index contributed by atoms with van der Waals surface area (Å²) in [5, 5.41) is 6.98. The lowest BCUT2D eigenvalue weighted by Gasteiger charge is -2.33. The van der Waals surface area contributed by atoms with Gasteiger partial charge in [-0.15, -0.1) is 11.3 Å². The van der Waals surface area contributed by atoms with Gasteiger partial charge in [0.15, 0.2) is 11.5 Å². The van der Waals surface area contributed by atoms with Crippen molar-refractivity contribution in [3.63, 3.8) is 0 Å². The minimum absolute atomic E-state index is 0.108. The Morgan fingerprint density at radius 3 is 2.50 bits per heavy atom. The van der Waals surface area contributed by atoms with E-state index < -0.39 is 0 Å². The van der Waals surface area contributed by atoms with Crippen molar-refractivity contribution in [3.8, 4) is 22.6 Å². The predicted molar refractivity (Wildman–Crippen MR) is 121 cm³/mol. The van der Waals surface area contributed by atoms with Crippen LogP contribution in [0.1, 0.15) is 15.5 Å². The van der Waals surface area contributed by atoms with E-state index in [1.54, 1.807) is 29.5 Å². The average Bonchev–Trinajstić information content (AvgIpc) is 3.51. The van der Waals surface area contributed by atoms with Gasteiger partial charge in [-0.2, -0.15) is 0 Å². The number of hydrogen-bond acceptors (Lipinski definition) is 6. The third-order valence-electron chi connectivity index (χ3n) is 5.50. The van der Waals surface area contributed by atoms with Crippen molar-refractivity contribution in [2.75, 3.05) is 26.2 Å². The third kappa shape index (κ3) is 4.46. The van der Waals surface area contributed by atoms with Crippen molar-refractivity contribution in [2.24, 2.45) is 0 Å². The number of rotatable bonds is 5. The normalized spacial score (nSPS) is 14.6. The van der Waals surface area contributed by atoms with Gasteiger partial charge >= 0.3 is 0 Å². The fourth-order valence-corrected chi connectivity index (χ4v) is 4.56. The fourth-order valence-electron chi connectivity index (χ4n) is 3.71. The van der Waals surface area contributed by atoms with Crippen LogP contribution >= 0.6 is 11.3 Å². The van der Waals surface area contributed by atoms with Gasteiger partial charge in [-0.05, 0) is 24.3 Å². The first-order valence-electron chi connectivity index (χ1n) is 10.4. The predicted octanol–water partition coefficient (Wildman–Crippen LogP) is 4.56. The number of nitrogens with zero attached hydrogens (tertiary/aromatic N) is 4. The Balaban J connectivity index is 1.17. The van der Waals surface area contributed by atoms with Crippen LogP contribution in [0.3, 0.4) is 0 Å². The molecule has 0 aliphatic carbocycles. The molecule has 0 atom stereocenters. The number of carbonyl (C=O) groups is 1. The molecule has 162 valence electrons. The molecule has 1 aliphatic rings. The van der Waals surface area contributed by atoms with Crippen molar-refractivity contribution in [1.82, 2.24) is 19.9 Å². The van der Waals surface area contributed by atoms with Crippen LogP contribution in [0.15, 0.2) is 70.6 Å². The van der Waals surface area contributed by atoms with Gasteiger partial charge in [0.2, 0.25) is 0 Å². The Morgan fingerprint density at radius 1 is 1.00 bits per heavy atom. The van der Waals surface area contributed by atoms with Crippen molar-refractivity contribution in [3.05, 3.63) is 82.6 Å². The second kappa shape index (κ2) is 9.02. The standard InChI is InChI=1S/C24H21FN4O2S/c25-19-8-6-17(7-9-19)21-16-32-23(26-21)15-28-10-12-29(13-11-28)24(30)20-14-22(31-27-20)18-4-2-1-3-5-18/h1-9,14,16H,10-13,15H2. The molecule has 0 saturated carbocycles. The first kappa shape index (κ1) is 20.5. The number of benzene rings is 2. The maximum atomic E-state index is 13.1. The van der Waals surface area contributed by atoms with E-state index in [2.05, 4.69) is 15.0 Å². The molecular formula is C24H21FN4O2S. The second-order valence-electron chi connectivity index (χ2n) is 7.64. The van der Waals surface area contributed by atoms with E-state index >= 15 is 0 Å². The highest BCUT2D eigenvalue weighted by atomic mass is 32.1. The van der Waals surface area contributed by atoms with Crippen LogP contribution in [0.4, 0.5) is 4.39 Å². The molecule has 8 heteroatoms. The van der Waals surface area contributed by atoms with Gasteiger partial charge in [0.25, 0.3) is 5.91 Å². The van der Waals surface area contributed by atoms with Crippen LogP contribution in [-0.4, -0.2) is 52.0 Å². The SMILES string of the molecule is O=C(c1cc(-c2ccccc2)on1)N1CCN(Cc2nc(-c3ccc(F)cc3)cs2)CC1. The quantitative estimate of drug-likeness (QED) is 0.448. The Hall–Kier alpha value is -3.36. The summed E-state index contributed by atoms with van der Waals surface area (Å²) in [6.07, 6.45) is 0. The van der Waals surface area contributed by atoms with Crippen LogP contribution in [-0.2, 0) is 6.54 Å². The molecule has 0 spiro atoms. The van der Waals surface area contributed by atoms with Crippen LogP contribution in [0.2, 0.25) is 0 Å². The maximum absolute atomic E-state index is 13.1. The van der Waals surface area contributed by atoms with Gasteiger partial charge in [-0.1, -0.05) is 35.5 Å². The molecule has 6 nitrogen and oxygen atoms in total. The molecule has 0 bridgehead atoms. The molecule has 2 aromatic heterocycles. The van der Waals surface area contributed by atoms with E-state index in [0.717, 1.165) is 41.5 Å². The van der Waals surface area contributed by atoms with Gasteiger partial charge in [0, 0.05) is 48.8 Å². The highest BCUT2D eigenvalue weighted by Gasteiger charge is 2.25. The van der Waals surface area contributed by atoms with E-state index in [9.17, 15) is 9.18 Å². The molecule has 1 saturated heterocycles. The lowest BCUT2D eigenvalue weighted by atomic mass is 10.1. The first-order valence-corrected chi connectivity index (χ1v) is 11.3. The van der Waals surface area contributed by atoms with Gasteiger partial charge in [0.05, 0.1) is 12.2 Å². The smallest absolute Gasteiger partial charge is 0.276 e. The highest BCUT2D eigenvalue weighted by molar-refractivity contribution is 7.09. The Kier molecular flexibility index (Phi) is 5.79. The molecule has 5 rings (SSSR count). The van der Waals surface area contributed by atoms with E-state index in [1.165, 1.54) is 12.1 Å². The molecule has 1 fully saturated rings. The van der Waals surface area contributed by atoms with Gasteiger partial charge in [-0.25, -0.2) is 9.37 Å². The zero-order valence-electron chi connectivity index (χ0n) is 17.3. The fraction of sp³-hybridized carbons (Fsp3) is 0.208. The summed E-state index contributed by atoms with van der Waals surface area (Å²) in [6, 6.07) is 17.7. The maximum Gasteiger partial charge on any atom is 0.276 e. The molecular weight excluding hydrogens is 427 g/mol. The second-order valence-corrected chi connectivity index (χ2v) is 8.59. The van der Waals surface area contributed by atoms with E-state index in [1.807, 2.05) is 40.6 Å². The molecule has 0 unspecified atom stereocenters. The minimum atomic E-state index is -0.251. The van der Waals surface area contributed by atoms with Crippen LogP contribution in [0.25, 0.3) is 22.6 Å². The zero-order chi connectivity index (χ0) is 21.9. The molecule has 3 heterocycles. The van der Waals surface area contributed by atoms with Crippen LogP contribution < -0.4 is 0 Å². The summed E-state index contributed by atoms with van der Waals surface area (Å²) < 4.78 is 18.5. The molecule has 0 N–H and O–H groups in total. The number of amides is 1. The summed E-state index contributed by atoms with van der Waals surface area (Å²) in [6.45, 7) is 3.52. The van der Waals surface area contributed by atoms with Crippen molar-refractivity contribution >= 4 is 17.2 Å². The Bertz CT molecular complexity index is 1200. The van der Waals surface area contributed by atoms with Crippen molar-refractivity contribution < 1.29 is 13.7 Å². The summed E-state index contributed by atoms with van der Waals surface area (Å²) in [5.74, 6) is 0.232. The topological polar surface area (TPSA) is 62.5 Å². The van der Waals surface area contributed by atoms with Gasteiger partial charge < -0.3 is 9.42 Å². The van der Waals surface area contributed by atoms with E-state index in [-0.39, 0.29) is 11.7 Å². The molecule has 1 aliphatic heterocycles. The third-order valence-corrected chi connectivity index (χ3v) is 6.33. The number of aromatic nitrogens is 2. The minimum Gasteiger partial charge on any atom is -0.355 e. The van der Waals surface area contributed by atoms with E-state index in [4.69, 9.17) is 4.52 Å². The molecule has 2 aromatic carbocycles. The van der Waals surface area contributed by atoms with Crippen LogP contribution in [0.5, 0.6) is 0 Å². The van der Waals surface area contributed by atoms with Crippen molar-refractivity contribution in [1.29, 1.82) is 0 Å². The lowest BCUT2D eigenvalue weighted by Crippen LogP contribution is -2.48. The Morgan fingerprint density at radius 2 is 1.75 bits per heavy atom. The van der Waals surface area contributed by atoms with Gasteiger partial charge in [0.1, 0.15) is 10.8 Å². The van der Waals surface area contributed by atoms with Crippen LogP contribution in [0, 0.1) is 5.82 Å². The van der Waals surface area contributed by atoms with Gasteiger partial charge in [-0.3, -0.25) is 9.69 Å². The van der Waals surface area contributed by atoms with E-state index in [0.29, 0.717) is 24.5 Å². The van der Waals surface area contributed by atoms with Crippen molar-refractivity contribution in [2.45, 2.75) is 6.54 Å². The molecule has 4 aromatic rings. The average molecular weight is 449 g/mol. The molecule has 32 heavy (non-hydrogen) atoms. The summed E-state index contributed by atoms with van der Waals surface area (Å²) in [7, 11) is 0. The monoisotopic (exact) mass is 448 g/mol. The summed E-state index contributed by atoms with van der Waals surface area (Å²) in [4.78, 5) is 21.6. The molecule has 1 amide bonds.